The number of hydrogen-bond donors (Lipinski definition) is 1. The molecule has 0 aliphatic rings. The first-order chi connectivity index (χ1) is 12.8. The summed E-state index contributed by atoms with van der Waals surface area (Å²) >= 11 is 0. The number of aromatic nitrogens is 4. The molecular formula is C20H19N5O. The Kier molecular flexibility index (Phi) is 4.23. The van der Waals surface area contributed by atoms with Crippen molar-refractivity contribution in [3.05, 3.63) is 72.1 Å². The summed E-state index contributed by atoms with van der Waals surface area (Å²) in [5, 5.41) is 17.5. The van der Waals surface area contributed by atoms with Gasteiger partial charge in [0.25, 0.3) is 0 Å². The van der Waals surface area contributed by atoms with E-state index >= 15 is 0 Å². The summed E-state index contributed by atoms with van der Waals surface area (Å²) in [4.78, 5) is 0. The van der Waals surface area contributed by atoms with Gasteiger partial charge in [0.2, 0.25) is 0 Å². The van der Waals surface area contributed by atoms with Crippen LogP contribution in [0.25, 0.3) is 16.5 Å². The second kappa shape index (κ2) is 6.84. The highest BCUT2D eigenvalue weighted by atomic mass is 16.5. The van der Waals surface area contributed by atoms with E-state index in [-0.39, 0.29) is 0 Å². The van der Waals surface area contributed by atoms with Gasteiger partial charge in [-0.15, -0.1) is 5.10 Å². The Labute approximate surface area is 151 Å². The molecule has 0 bridgehead atoms. The molecule has 130 valence electrons. The number of fused-ring (bicyclic) bond motifs is 1. The first-order valence-electron chi connectivity index (χ1n) is 8.40. The number of ether oxygens (including phenoxy) is 1. The van der Waals surface area contributed by atoms with Gasteiger partial charge in [0.15, 0.2) is 5.82 Å². The average Bonchev–Trinajstić information content (AvgIpc) is 3.12. The first-order valence-corrected chi connectivity index (χ1v) is 8.40. The number of nitrogens with zero attached hydrogens (tertiary/aromatic N) is 4. The maximum atomic E-state index is 5.57. The number of rotatable bonds is 5. The summed E-state index contributed by atoms with van der Waals surface area (Å²) in [5.41, 5.74) is 3.05. The van der Waals surface area contributed by atoms with Gasteiger partial charge < -0.3 is 10.1 Å². The van der Waals surface area contributed by atoms with Gasteiger partial charge >= 0.3 is 0 Å². The Bertz CT molecular complexity index is 1060. The summed E-state index contributed by atoms with van der Waals surface area (Å²) in [6, 6.07) is 20.4. The SMILES string of the molecule is COc1ccc2ccccc2c1CNc1cccc(-n2nnnc2C)c1. The van der Waals surface area contributed by atoms with E-state index in [0.717, 1.165) is 28.5 Å². The van der Waals surface area contributed by atoms with Crippen molar-refractivity contribution >= 4 is 16.5 Å². The quantitative estimate of drug-likeness (QED) is 0.597. The lowest BCUT2D eigenvalue weighted by atomic mass is 10.0. The molecule has 6 heteroatoms. The zero-order valence-electron chi connectivity index (χ0n) is 14.7. The Hall–Kier alpha value is -3.41. The van der Waals surface area contributed by atoms with Crippen LogP contribution in [-0.2, 0) is 6.54 Å². The van der Waals surface area contributed by atoms with Gasteiger partial charge in [0, 0.05) is 17.8 Å². The molecule has 0 radical (unpaired) electrons. The minimum Gasteiger partial charge on any atom is -0.496 e. The van der Waals surface area contributed by atoms with Crippen LogP contribution in [0.4, 0.5) is 5.69 Å². The van der Waals surface area contributed by atoms with E-state index in [1.165, 1.54) is 10.8 Å². The van der Waals surface area contributed by atoms with Crippen LogP contribution in [0, 0.1) is 6.92 Å². The zero-order chi connectivity index (χ0) is 17.9. The van der Waals surface area contributed by atoms with Crippen LogP contribution in [0.1, 0.15) is 11.4 Å². The van der Waals surface area contributed by atoms with Crippen molar-refractivity contribution in [1.29, 1.82) is 0 Å². The van der Waals surface area contributed by atoms with Gasteiger partial charge in [0.05, 0.1) is 12.8 Å². The lowest BCUT2D eigenvalue weighted by Crippen LogP contribution is -2.04. The molecule has 1 heterocycles. The van der Waals surface area contributed by atoms with Crippen molar-refractivity contribution < 1.29 is 4.74 Å². The predicted molar refractivity (Wildman–Crippen MR) is 102 cm³/mol. The second-order valence-electron chi connectivity index (χ2n) is 6.01. The van der Waals surface area contributed by atoms with Crippen molar-refractivity contribution in [3.63, 3.8) is 0 Å². The molecule has 0 fully saturated rings. The van der Waals surface area contributed by atoms with Crippen LogP contribution >= 0.6 is 0 Å². The minimum absolute atomic E-state index is 0.655. The van der Waals surface area contributed by atoms with Crippen LogP contribution < -0.4 is 10.1 Å². The number of benzene rings is 3. The molecule has 4 rings (SSSR count). The highest BCUT2D eigenvalue weighted by molar-refractivity contribution is 5.88. The highest BCUT2D eigenvalue weighted by Gasteiger charge is 2.09. The second-order valence-corrected chi connectivity index (χ2v) is 6.01. The first kappa shape index (κ1) is 16.1. The Balaban J connectivity index is 1.64. The topological polar surface area (TPSA) is 64.9 Å². The molecule has 0 saturated heterocycles. The maximum absolute atomic E-state index is 5.57. The summed E-state index contributed by atoms with van der Waals surface area (Å²) < 4.78 is 7.28. The van der Waals surface area contributed by atoms with Crippen molar-refractivity contribution in [2.45, 2.75) is 13.5 Å². The van der Waals surface area contributed by atoms with Crippen molar-refractivity contribution in [1.82, 2.24) is 20.2 Å². The molecule has 26 heavy (non-hydrogen) atoms. The number of nitrogens with one attached hydrogen (secondary N) is 1. The van der Waals surface area contributed by atoms with Gasteiger partial charge in [-0.3, -0.25) is 0 Å². The molecule has 0 aliphatic heterocycles. The lowest BCUT2D eigenvalue weighted by molar-refractivity contribution is 0.411. The van der Waals surface area contributed by atoms with Crippen LogP contribution in [-0.4, -0.2) is 27.3 Å². The number of anilines is 1. The number of tetrazole rings is 1. The van der Waals surface area contributed by atoms with E-state index in [4.69, 9.17) is 4.74 Å². The fourth-order valence-corrected chi connectivity index (χ4v) is 3.10. The van der Waals surface area contributed by atoms with Gasteiger partial charge in [-0.05, 0) is 52.4 Å². The number of methoxy groups -OCH3 is 1. The molecule has 0 aliphatic carbocycles. The molecule has 4 aromatic rings. The van der Waals surface area contributed by atoms with Crippen molar-refractivity contribution in [2.75, 3.05) is 12.4 Å². The van der Waals surface area contributed by atoms with E-state index in [2.05, 4.69) is 39.0 Å². The smallest absolute Gasteiger partial charge is 0.153 e. The van der Waals surface area contributed by atoms with E-state index in [0.29, 0.717) is 6.54 Å². The highest BCUT2D eigenvalue weighted by Crippen LogP contribution is 2.29. The molecule has 6 nitrogen and oxygen atoms in total. The maximum Gasteiger partial charge on any atom is 0.153 e. The molecule has 0 unspecified atom stereocenters. The van der Waals surface area contributed by atoms with Gasteiger partial charge in [-0.1, -0.05) is 36.4 Å². The molecule has 0 atom stereocenters. The van der Waals surface area contributed by atoms with Crippen molar-refractivity contribution in [3.8, 4) is 11.4 Å². The standard InChI is InChI=1S/C20H19N5O/c1-14-22-23-24-25(14)17-8-5-7-16(12-17)21-13-19-18-9-4-3-6-15(18)10-11-20(19)26-2/h3-12,21H,13H2,1-2H3. The molecule has 3 aromatic carbocycles. The van der Waals surface area contributed by atoms with Crippen LogP contribution in [0.15, 0.2) is 60.7 Å². The van der Waals surface area contributed by atoms with Gasteiger partial charge in [-0.25, -0.2) is 0 Å². The summed E-state index contributed by atoms with van der Waals surface area (Å²) in [5.74, 6) is 1.63. The fourth-order valence-electron chi connectivity index (χ4n) is 3.10. The third-order valence-corrected chi connectivity index (χ3v) is 4.40. The third kappa shape index (κ3) is 2.97. The van der Waals surface area contributed by atoms with Crippen LogP contribution in [0.3, 0.4) is 0 Å². The lowest BCUT2D eigenvalue weighted by Gasteiger charge is -2.14. The molecular weight excluding hydrogens is 326 g/mol. The van der Waals surface area contributed by atoms with E-state index in [1.807, 2.05) is 49.4 Å². The van der Waals surface area contributed by atoms with E-state index < -0.39 is 0 Å². The Morgan fingerprint density at radius 1 is 1.04 bits per heavy atom. The Morgan fingerprint density at radius 2 is 1.92 bits per heavy atom. The van der Waals surface area contributed by atoms with Crippen LogP contribution in [0.2, 0.25) is 0 Å². The molecule has 0 amide bonds. The summed E-state index contributed by atoms with van der Waals surface area (Å²) in [6.45, 7) is 2.53. The zero-order valence-corrected chi connectivity index (χ0v) is 14.7. The van der Waals surface area contributed by atoms with Gasteiger partial charge in [0.1, 0.15) is 5.75 Å². The van der Waals surface area contributed by atoms with Crippen LogP contribution in [0.5, 0.6) is 5.75 Å². The summed E-state index contributed by atoms with van der Waals surface area (Å²) in [6.07, 6.45) is 0. The molecule has 0 spiro atoms. The van der Waals surface area contributed by atoms with E-state index in [9.17, 15) is 0 Å². The normalized spacial score (nSPS) is 10.8. The predicted octanol–water partition coefficient (Wildman–Crippen LogP) is 3.74. The average molecular weight is 345 g/mol. The summed E-state index contributed by atoms with van der Waals surface area (Å²) in [7, 11) is 1.70. The fraction of sp³-hybridized carbons (Fsp3) is 0.150. The number of hydrogen-bond acceptors (Lipinski definition) is 5. The Morgan fingerprint density at radius 3 is 2.73 bits per heavy atom. The molecule has 0 saturated carbocycles. The van der Waals surface area contributed by atoms with Gasteiger partial charge in [-0.2, -0.15) is 4.68 Å². The number of aryl methyl sites for hydroxylation is 1. The molecule has 1 aromatic heterocycles. The molecule has 1 N–H and O–H groups in total. The monoisotopic (exact) mass is 345 g/mol. The third-order valence-electron chi connectivity index (χ3n) is 4.40. The van der Waals surface area contributed by atoms with E-state index in [1.54, 1.807) is 11.8 Å². The van der Waals surface area contributed by atoms with Crippen molar-refractivity contribution in [2.24, 2.45) is 0 Å². The minimum atomic E-state index is 0.655. The largest absolute Gasteiger partial charge is 0.496 e.